The molecular formula is C10H17NO. The molecule has 2 nitrogen and oxygen atoms in total. The molecule has 1 aliphatic carbocycles. The Balaban J connectivity index is 2.59. The van der Waals surface area contributed by atoms with E-state index in [0.717, 1.165) is 12.8 Å². The number of ether oxygens (including phenoxy) is 1. The Morgan fingerprint density at radius 2 is 2.42 bits per heavy atom. The van der Waals surface area contributed by atoms with Gasteiger partial charge in [-0.1, -0.05) is 19.8 Å². The van der Waals surface area contributed by atoms with Gasteiger partial charge in [0.2, 0.25) is 0 Å². The molecule has 2 unspecified atom stereocenters. The van der Waals surface area contributed by atoms with Gasteiger partial charge in [-0.15, -0.1) is 0 Å². The molecule has 0 aromatic rings. The summed E-state index contributed by atoms with van der Waals surface area (Å²) in [6.07, 6.45) is 4.48. The van der Waals surface area contributed by atoms with Crippen molar-refractivity contribution in [1.29, 1.82) is 5.26 Å². The van der Waals surface area contributed by atoms with Crippen LogP contribution < -0.4 is 0 Å². The van der Waals surface area contributed by atoms with Crippen LogP contribution in [0.4, 0.5) is 0 Å². The maximum atomic E-state index is 9.06. The van der Waals surface area contributed by atoms with Gasteiger partial charge in [-0.25, -0.2) is 0 Å². The quantitative estimate of drug-likeness (QED) is 0.632. The third-order valence-electron chi connectivity index (χ3n) is 2.75. The van der Waals surface area contributed by atoms with Gasteiger partial charge < -0.3 is 4.74 Å². The molecule has 2 atom stereocenters. The van der Waals surface area contributed by atoms with E-state index < -0.39 is 0 Å². The summed E-state index contributed by atoms with van der Waals surface area (Å²) in [4.78, 5) is 0. The summed E-state index contributed by atoms with van der Waals surface area (Å²) in [6.45, 7) is 2.83. The van der Waals surface area contributed by atoms with Crippen molar-refractivity contribution in [2.75, 3.05) is 13.7 Å². The molecule has 0 N–H and O–H groups in total. The molecule has 0 aromatic carbocycles. The number of rotatable bonds is 2. The predicted molar refractivity (Wildman–Crippen MR) is 47.6 cm³/mol. The van der Waals surface area contributed by atoms with Gasteiger partial charge in [-0.05, 0) is 18.8 Å². The van der Waals surface area contributed by atoms with Crippen LogP contribution in [0, 0.1) is 22.7 Å². The van der Waals surface area contributed by atoms with Crippen LogP contribution in [0.15, 0.2) is 0 Å². The summed E-state index contributed by atoms with van der Waals surface area (Å²) >= 11 is 0. The largest absolute Gasteiger partial charge is 0.383 e. The van der Waals surface area contributed by atoms with Gasteiger partial charge >= 0.3 is 0 Å². The highest BCUT2D eigenvalue weighted by Gasteiger charge is 2.34. The Bertz CT molecular complexity index is 181. The lowest BCUT2D eigenvalue weighted by Crippen LogP contribution is -2.30. The summed E-state index contributed by atoms with van der Waals surface area (Å²) in [5.41, 5.74) is -0.174. The summed E-state index contributed by atoms with van der Waals surface area (Å²) in [5, 5.41) is 9.06. The van der Waals surface area contributed by atoms with Crippen molar-refractivity contribution < 1.29 is 4.74 Å². The third kappa shape index (κ3) is 1.98. The van der Waals surface area contributed by atoms with Crippen LogP contribution in [0.2, 0.25) is 0 Å². The number of hydrogen-bond acceptors (Lipinski definition) is 2. The van der Waals surface area contributed by atoms with Crippen molar-refractivity contribution in [2.24, 2.45) is 11.3 Å². The van der Waals surface area contributed by atoms with Crippen molar-refractivity contribution in [3.8, 4) is 6.07 Å². The fraction of sp³-hybridized carbons (Fsp3) is 0.900. The Hall–Kier alpha value is -0.550. The Kier molecular flexibility index (Phi) is 3.11. The Morgan fingerprint density at radius 3 is 2.92 bits per heavy atom. The summed E-state index contributed by atoms with van der Waals surface area (Å²) in [6, 6.07) is 2.42. The van der Waals surface area contributed by atoms with E-state index >= 15 is 0 Å². The fourth-order valence-electron chi connectivity index (χ4n) is 2.20. The molecule has 0 amide bonds. The average molecular weight is 167 g/mol. The molecule has 0 saturated heterocycles. The second kappa shape index (κ2) is 3.91. The molecule has 0 aromatic heterocycles. The van der Waals surface area contributed by atoms with Gasteiger partial charge in [0.1, 0.15) is 0 Å². The second-order valence-corrected chi connectivity index (χ2v) is 4.03. The molecule has 0 aliphatic heterocycles. The van der Waals surface area contributed by atoms with Gasteiger partial charge in [-0.3, -0.25) is 0 Å². The molecule has 0 radical (unpaired) electrons. The lowest BCUT2D eigenvalue weighted by molar-refractivity contribution is 0.0732. The topological polar surface area (TPSA) is 33.0 Å². The molecule has 0 spiro atoms. The molecule has 68 valence electrons. The van der Waals surface area contributed by atoms with E-state index in [2.05, 4.69) is 13.0 Å². The van der Waals surface area contributed by atoms with E-state index in [9.17, 15) is 0 Å². The monoisotopic (exact) mass is 167 g/mol. The molecular weight excluding hydrogens is 150 g/mol. The van der Waals surface area contributed by atoms with Crippen molar-refractivity contribution >= 4 is 0 Å². The zero-order valence-corrected chi connectivity index (χ0v) is 7.97. The maximum Gasteiger partial charge on any atom is 0.0809 e. The van der Waals surface area contributed by atoms with Crippen molar-refractivity contribution in [2.45, 2.75) is 32.6 Å². The Labute approximate surface area is 74.5 Å². The van der Waals surface area contributed by atoms with Crippen LogP contribution in [0.25, 0.3) is 0 Å². The number of methoxy groups -OCH3 is 1. The smallest absolute Gasteiger partial charge is 0.0809 e. The minimum Gasteiger partial charge on any atom is -0.383 e. The van der Waals surface area contributed by atoms with E-state index in [1.807, 2.05) is 0 Å². The van der Waals surface area contributed by atoms with E-state index in [1.54, 1.807) is 7.11 Å². The van der Waals surface area contributed by atoms with Crippen LogP contribution in [-0.4, -0.2) is 13.7 Å². The first kappa shape index (κ1) is 9.54. The second-order valence-electron chi connectivity index (χ2n) is 4.03. The SMILES string of the molecule is COCC1(C#N)CCCC(C)C1. The first-order valence-electron chi connectivity index (χ1n) is 4.63. The van der Waals surface area contributed by atoms with Gasteiger partial charge in [0, 0.05) is 7.11 Å². The van der Waals surface area contributed by atoms with Crippen LogP contribution in [0.5, 0.6) is 0 Å². The van der Waals surface area contributed by atoms with Crippen LogP contribution in [0.3, 0.4) is 0 Å². The molecule has 1 saturated carbocycles. The standard InChI is InChI=1S/C10H17NO/c1-9-4-3-5-10(6-9,7-11)8-12-2/h9H,3-6,8H2,1-2H3. The molecule has 0 heterocycles. The van der Waals surface area contributed by atoms with Crippen LogP contribution in [0.1, 0.15) is 32.6 Å². The lowest BCUT2D eigenvalue weighted by Gasteiger charge is -2.33. The van der Waals surface area contributed by atoms with Crippen molar-refractivity contribution in [3.05, 3.63) is 0 Å². The van der Waals surface area contributed by atoms with E-state index in [1.165, 1.54) is 12.8 Å². The highest BCUT2D eigenvalue weighted by molar-refractivity contribution is 5.01. The summed E-state index contributed by atoms with van der Waals surface area (Å²) in [7, 11) is 1.68. The normalized spacial score (nSPS) is 35.9. The molecule has 2 heteroatoms. The van der Waals surface area contributed by atoms with Crippen LogP contribution in [-0.2, 0) is 4.74 Å². The van der Waals surface area contributed by atoms with E-state index in [-0.39, 0.29) is 5.41 Å². The van der Waals surface area contributed by atoms with Gasteiger partial charge in [0.25, 0.3) is 0 Å². The molecule has 0 bridgehead atoms. The van der Waals surface area contributed by atoms with Crippen molar-refractivity contribution in [3.63, 3.8) is 0 Å². The Morgan fingerprint density at radius 1 is 1.67 bits per heavy atom. The van der Waals surface area contributed by atoms with Gasteiger partial charge in [-0.2, -0.15) is 5.26 Å². The first-order valence-corrected chi connectivity index (χ1v) is 4.63. The number of hydrogen-bond donors (Lipinski definition) is 0. The molecule has 1 aliphatic rings. The third-order valence-corrected chi connectivity index (χ3v) is 2.75. The van der Waals surface area contributed by atoms with Gasteiger partial charge in [0.15, 0.2) is 0 Å². The summed E-state index contributed by atoms with van der Waals surface area (Å²) < 4.78 is 5.10. The average Bonchev–Trinajstić information content (AvgIpc) is 2.05. The first-order chi connectivity index (χ1) is 5.72. The van der Waals surface area contributed by atoms with E-state index in [0.29, 0.717) is 12.5 Å². The molecule has 1 rings (SSSR count). The van der Waals surface area contributed by atoms with Crippen LogP contribution >= 0.6 is 0 Å². The highest BCUT2D eigenvalue weighted by atomic mass is 16.5. The zero-order valence-electron chi connectivity index (χ0n) is 7.97. The van der Waals surface area contributed by atoms with E-state index in [4.69, 9.17) is 10.00 Å². The maximum absolute atomic E-state index is 9.06. The van der Waals surface area contributed by atoms with Gasteiger partial charge in [0.05, 0.1) is 18.1 Å². The zero-order chi connectivity index (χ0) is 9.03. The molecule has 1 fully saturated rings. The predicted octanol–water partition coefficient (Wildman–Crippen LogP) is 2.35. The minimum absolute atomic E-state index is 0.174. The fourth-order valence-corrected chi connectivity index (χ4v) is 2.20. The highest BCUT2D eigenvalue weighted by Crippen LogP contribution is 2.38. The van der Waals surface area contributed by atoms with Crippen molar-refractivity contribution in [1.82, 2.24) is 0 Å². The summed E-state index contributed by atoms with van der Waals surface area (Å²) in [5.74, 6) is 0.688. The number of nitrogens with zero attached hydrogens (tertiary/aromatic N) is 1. The lowest BCUT2D eigenvalue weighted by atomic mass is 9.71. The molecule has 12 heavy (non-hydrogen) atoms. The minimum atomic E-state index is -0.174. The number of nitriles is 1.